The fraction of sp³-hybridized carbons (Fsp3) is 1.00. The third kappa shape index (κ3) is 6.75. The van der Waals surface area contributed by atoms with E-state index in [-0.39, 0.29) is 0 Å². The van der Waals surface area contributed by atoms with Gasteiger partial charge in [-0.15, -0.1) is 11.6 Å². The van der Waals surface area contributed by atoms with Crippen molar-refractivity contribution in [3.8, 4) is 0 Å². The largest absolute Gasteiger partial charge is 0.299 e. The molecule has 0 aliphatic heterocycles. The maximum absolute atomic E-state index is 5.82. The summed E-state index contributed by atoms with van der Waals surface area (Å²) >= 11 is 5.82. The average molecular weight is 246 g/mol. The van der Waals surface area contributed by atoms with E-state index >= 15 is 0 Å². The van der Waals surface area contributed by atoms with E-state index in [1.807, 2.05) is 0 Å². The van der Waals surface area contributed by atoms with Gasteiger partial charge < -0.3 is 0 Å². The molecule has 0 aromatic heterocycles. The van der Waals surface area contributed by atoms with Gasteiger partial charge in [0, 0.05) is 18.5 Å². The molecule has 1 rings (SSSR count). The number of hydrogen-bond donors (Lipinski definition) is 0. The zero-order chi connectivity index (χ0) is 11.6. The molecule has 0 radical (unpaired) electrons. The van der Waals surface area contributed by atoms with Crippen molar-refractivity contribution >= 4 is 11.6 Å². The van der Waals surface area contributed by atoms with Crippen LogP contribution in [0, 0.1) is 0 Å². The smallest absolute Gasteiger partial charge is 0.0351 e. The van der Waals surface area contributed by atoms with Crippen LogP contribution >= 0.6 is 11.6 Å². The maximum Gasteiger partial charge on any atom is 0.0351 e. The molecule has 0 amide bonds. The highest BCUT2D eigenvalue weighted by Gasteiger charge is 2.27. The molecule has 0 unspecified atom stereocenters. The Balaban J connectivity index is 1.88. The summed E-state index contributed by atoms with van der Waals surface area (Å²) in [6.45, 7) is 4.66. The monoisotopic (exact) mass is 245 g/mol. The van der Waals surface area contributed by atoms with E-state index in [4.69, 9.17) is 11.6 Å². The van der Waals surface area contributed by atoms with Crippen LogP contribution in [0.5, 0.6) is 0 Å². The number of alkyl halides is 1. The fourth-order valence-corrected chi connectivity index (χ4v) is 2.51. The molecular weight excluding hydrogens is 218 g/mol. The molecule has 1 aliphatic carbocycles. The van der Waals surface area contributed by atoms with Crippen molar-refractivity contribution in [3.05, 3.63) is 0 Å². The van der Waals surface area contributed by atoms with Gasteiger partial charge in [0.1, 0.15) is 0 Å². The molecular formula is C14H28ClN. The standard InChI is InChI=1S/C14H28ClN/c1-2-3-4-5-6-7-8-12-16(13-11-15)14-9-10-14/h14H,2-13H2,1H3. The number of rotatable bonds is 11. The molecule has 1 nitrogen and oxygen atoms in total. The molecule has 0 heterocycles. The van der Waals surface area contributed by atoms with Crippen molar-refractivity contribution in [2.75, 3.05) is 19.0 Å². The van der Waals surface area contributed by atoms with Crippen LogP contribution in [0.4, 0.5) is 0 Å². The normalized spacial score (nSPS) is 15.9. The third-order valence-corrected chi connectivity index (χ3v) is 3.65. The van der Waals surface area contributed by atoms with Gasteiger partial charge in [0.25, 0.3) is 0 Å². The molecule has 0 aromatic rings. The highest BCUT2D eigenvalue weighted by atomic mass is 35.5. The van der Waals surface area contributed by atoms with Gasteiger partial charge in [-0.1, -0.05) is 45.4 Å². The first-order valence-electron chi connectivity index (χ1n) is 7.18. The first kappa shape index (κ1) is 14.3. The quantitative estimate of drug-likeness (QED) is 0.384. The Morgan fingerprint density at radius 1 is 0.938 bits per heavy atom. The Morgan fingerprint density at radius 3 is 2.12 bits per heavy atom. The van der Waals surface area contributed by atoms with Crippen LogP contribution in [0.15, 0.2) is 0 Å². The second-order valence-electron chi connectivity index (χ2n) is 5.08. The van der Waals surface area contributed by atoms with Crippen molar-refractivity contribution < 1.29 is 0 Å². The van der Waals surface area contributed by atoms with E-state index in [0.29, 0.717) is 0 Å². The van der Waals surface area contributed by atoms with Crippen molar-refractivity contribution in [3.63, 3.8) is 0 Å². The SMILES string of the molecule is CCCCCCCCCN(CCCl)C1CC1. The second kappa shape index (κ2) is 9.30. The Bertz CT molecular complexity index is 157. The summed E-state index contributed by atoms with van der Waals surface area (Å²) < 4.78 is 0. The number of halogens is 1. The maximum atomic E-state index is 5.82. The summed E-state index contributed by atoms with van der Waals surface area (Å²) in [5, 5.41) is 0. The Labute approximate surface area is 107 Å². The molecule has 96 valence electrons. The first-order chi connectivity index (χ1) is 7.88. The Kier molecular flexibility index (Phi) is 8.32. The molecule has 1 aliphatic rings. The topological polar surface area (TPSA) is 3.24 Å². The van der Waals surface area contributed by atoms with Gasteiger partial charge in [-0.3, -0.25) is 4.90 Å². The van der Waals surface area contributed by atoms with E-state index in [9.17, 15) is 0 Å². The molecule has 0 aromatic carbocycles. The van der Waals surface area contributed by atoms with Gasteiger partial charge >= 0.3 is 0 Å². The number of hydrogen-bond acceptors (Lipinski definition) is 1. The van der Waals surface area contributed by atoms with Crippen molar-refractivity contribution in [2.24, 2.45) is 0 Å². The highest BCUT2D eigenvalue weighted by Crippen LogP contribution is 2.27. The Hall–Kier alpha value is 0.250. The van der Waals surface area contributed by atoms with Gasteiger partial charge in [0.2, 0.25) is 0 Å². The molecule has 0 saturated heterocycles. The molecule has 1 fully saturated rings. The van der Waals surface area contributed by atoms with Crippen LogP contribution in [0.1, 0.15) is 64.7 Å². The van der Waals surface area contributed by atoms with E-state index < -0.39 is 0 Å². The lowest BCUT2D eigenvalue weighted by molar-refractivity contribution is 0.272. The van der Waals surface area contributed by atoms with Crippen molar-refractivity contribution in [2.45, 2.75) is 70.8 Å². The van der Waals surface area contributed by atoms with E-state index in [2.05, 4.69) is 11.8 Å². The second-order valence-corrected chi connectivity index (χ2v) is 5.46. The molecule has 0 spiro atoms. The summed E-state index contributed by atoms with van der Waals surface area (Å²) in [4.78, 5) is 2.60. The minimum absolute atomic E-state index is 0.799. The van der Waals surface area contributed by atoms with Gasteiger partial charge in [-0.05, 0) is 25.8 Å². The van der Waals surface area contributed by atoms with Crippen LogP contribution < -0.4 is 0 Å². The molecule has 16 heavy (non-hydrogen) atoms. The zero-order valence-corrected chi connectivity index (χ0v) is 11.6. The summed E-state index contributed by atoms with van der Waals surface area (Å²) in [6, 6.07) is 0.888. The summed E-state index contributed by atoms with van der Waals surface area (Å²) in [6.07, 6.45) is 12.7. The fourth-order valence-electron chi connectivity index (χ4n) is 2.30. The van der Waals surface area contributed by atoms with Crippen LogP contribution in [0.25, 0.3) is 0 Å². The van der Waals surface area contributed by atoms with Gasteiger partial charge in [0.05, 0.1) is 0 Å². The highest BCUT2D eigenvalue weighted by molar-refractivity contribution is 6.18. The minimum Gasteiger partial charge on any atom is -0.299 e. The molecule has 0 atom stereocenters. The average Bonchev–Trinajstić information content (AvgIpc) is 3.10. The predicted molar refractivity (Wildman–Crippen MR) is 73.3 cm³/mol. The number of unbranched alkanes of at least 4 members (excludes halogenated alkanes) is 6. The lowest BCUT2D eigenvalue weighted by Crippen LogP contribution is -2.29. The Morgan fingerprint density at radius 2 is 1.56 bits per heavy atom. The summed E-state index contributed by atoms with van der Waals surface area (Å²) in [5.41, 5.74) is 0. The third-order valence-electron chi connectivity index (χ3n) is 3.48. The summed E-state index contributed by atoms with van der Waals surface area (Å²) in [5.74, 6) is 0.799. The first-order valence-corrected chi connectivity index (χ1v) is 7.72. The van der Waals surface area contributed by atoms with Crippen LogP contribution in [0.2, 0.25) is 0 Å². The molecule has 1 saturated carbocycles. The van der Waals surface area contributed by atoms with E-state index in [1.165, 1.54) is 64.3 Å². The lowest BCUT2D eigenvalue weighted by Gasteiger charge is -2.20. The minimum atomic E-state index is 0.799. The number of nitrogens with zero attached hydrogens (tertiary/aromatic N) is 1. The van der Waals surface area contributed by atoms with Crippen molar-refractivity contribution in [1.29, 1.82) is 0 Å². The van der Waals surface area contributed by atoms with Crippen LogP contribution in [-0.4, -0.2) is 29.9 Å². The van der Waals surface area contributed by atoms with E-state index in [1.54, 1.807) is 0 Å². The molecule has 2 heteroatoms. The van der Waals surface area contributed by atoms with Gasteiger partial charge in [-0.2, -0.15) is 0 Å². The van der Waals surface area contributed by atoms with Crippen molar-refractivity contribution in [1.82, 2.24) is 4.90 Å². The van der Waals surface area contributed by atoms with E-state index in [0.717, 1.165) is 18.5 Å². The molecule has 0 N–H and O–H groups in total. The molecule has 0 bridgehead atoms. The summed E-state index contributed by atoms with van der Waals surface area (Å²) in [7, 11) is 0. The lowest BCUT2D eigenvalue weighted by atomic mass is 10.1. The van der Waals surface area contributed by atoms with Gasteiger partial charge in [-0.25, -0.2) is 0 Å². The zero-order valence-electron chi connectivity index (χ0n) is 10.9. The van der Waals surface area contributed by atoms with Crippen LogP contribution in [0.3, 0.4) is 0 Å². The van der Waals surface area contributed by atoms with Gasteiger partial charge in [0.15, 0.2) is 0 Å². The predicted octanol–water partition coefficient (Wildman–Crippen LogP) is 4.44. The van der Waals surface area contributed by atoms with Crippen LogP contribution in [-0.2, 0) is 0 Å².